The van der Waals surface area contributed by atoms with Crippen LogP contribution in [-0.2, 0) is 9.53 Å². The predicted molar refractivity (Wildman–Crippen MR) is 59.4 cm³/mol. The molecular formula is C11H22N2O2. The van der Waals surface area contributed by atoms with Crippen molar-refractivity contribution in [3.8, 4) is 0 Å². The summed E-state index contributed by atoms with van der Waals surface area (Å²) in [5.41, 5.74) is 5.50. The number of hydrogen-bond donors (Lipinski definition) is 2. The van der Waals surface area contributed by atoms with Gasteiger partial charge in [0.05, 0.1) is 5.60 Å². The molecule has 0 atom stereocenters. The summed E-state index contributed by atoms with van der Waals surface area (Å²) in [7, 11) is 1.61. The Kier molecular flexibility index (Phi) is 4.54. The molecule has 4 nitrogen and oxygen atoms in total. The highest BCUT2D eigenvalue weighted by Crippen LogP contribution is 2.33. The van der Waals surface area contributed by atoms with Crippen LogP contribution in [0.15, 0.2) is 0 Å². The minimum absolute atomic E-state index is 0.0820. The zero-order valence-electron chi connectivity index (χ0n) is 9.71. The SMILES string of the molecule is CNC(=O)COC1(CN)CCC(C)CC1. The zero-order valence-corrected chi connectivity index (χ0v) is 9.71. The van der Waals surface area contributed by atoms with Gasteiger partial charge in [0.2, 0.25) is 5.91 Å². The maximum absolute atomic E-state index is 11.1. The number of amides is 1. The van der Waals surface area contributed by atoms with Crippen LogP contribution in [-0.4, -0.2) is 31.7 Å². The average Bonchev–Trinajstić information content (AvgIpc) is 2.28. The maximum Gasteiger partial charge on any atom is 0.245 e. The highest BCUT2D eigenvalue weighted by Gasteiger charge is 2.34. The Balaban J connectivity index is 2.43. The van der Waals surface area contributed by atoms with Crippen LogP contribution in [0.4, 0.5) is 0 Å². The first kappa shape index (κ1) is 12.5. The van der Waals surface area contributed by atoms with Gasteiger partial charge < -0.3 is 15.8 Å². The number of carbonyl (C=O) groups excluding carboxylic acids is 1. The second-order valence-corrected chi connectivity index (χ2v) is 4.53. The number of carbonyl (C=O) groups is 1. The first-order valence-corrected chi connectivity index (χ1v) is 5.66. The molecule has 0 saturated heterocycles. The summed E-state index contributed by atoms with van der Waals surface area (Å²) >= 11 is 0. The van der Waals surface area contributed by atoms with E-state index in [-0.39, 0.29) is 18.1 Å². The molecule has 1 aliphatic carbocycles. The smallest absolute Gasteiger partial charge is 0.245 e. The fraction of sp³-hybridized carbons (Fsp3) is 0.909. The summed E-state index contributed by atoms with van der Waals surface area (Å²) in [6.45, 7) is 2.89. The van der Waals surface area contributed by atoms with Crippen LogP contribution in [0.3, 0.4) is 0 Å². The van der Waals surface area contributed by atoms with E-state index in [1.807, 2.05) is 0 Å². The van der Waals surface area contributed by atoms with Gasteiger partial charge in [-0.3, -0.25) is 4.79 Å². The summed E-state index contributed by atoms with van der Waals surface area (Å²) in [4.78, 5) is 11.1. The van der Waals surface area contributed by atoms with Crippen LogP contribution in [0.25, 0.3) is 0 Å². The number of likely N-dealkylation sites (N-methyl/N-ethyl adjacent to an activating group) is 1. The number of hydrogen-bond acceptors (Lipinski definition) is 3. The molecule has 0 bridgehead atoms. The van der Waals surface area contributed by atoms with E-state index < -0.39 is 0 Å². The predicted octanol–water partition coefficient (Wildman–Crippen LogP) is 0.657. The number of ether oxygens (including phenoxy) is 1. The molecule has 1 fully saturated rings. The van der Waals surface area contributed by atoms with Gasteiger partial charge >= 0.3 is 0 Å². The van der Waals surface area contributed by atoms with Gasteiger partial charge in [-0.05, 0) is 31.6 Å². The molecule has 0 radical (unpaired) electrons. The Morgan fingerprint density at radius 2 is 2.13 bits per heavy atom. The molecule has 0 spiro atoms. The van der Waals surface area contributed by atoms with Crippen molar-refractivity contribution in [2.45, 2.75) is 38.2 Å². The van der Waals surface area contributed by atoms with Gasteiger partial charge in [-0.15, -0.1) is 0 Å². The molecule has 0 aromatic rings. The van der Waals surface area contributed by atoms with E-state index in [0.29, 0.717) is 6.54 Å². The van der Waals surface area contributed by atoms with Crippen molar-refractivity contribution in [3.63, 3.8) is 0 Å². The summed E-state index contributed by atoms with van der Waals surface area (Å²) < 4.78 is 5.68. The van der Waals surface area contributed by atoms with Gasteiger partial charge in [0, 0.05) is 13.6 Å². The Bertz CT molecular complexity index is 211. The Labute approximate surface area is 91.5 Å². The van der Waals surface area contributed by atoms with E-state index in [0.717, 1.165) is 31.6 Å². The molecule has 4 heteroatoms. The van der Waals surface area contributed by atoms with Crippen LogP contribution in [0.1, 0.15) is 32.6 Å². The normalized spacial score (nSPS) is 31.3. The lowest BCUT2D eigenvalue weighted by atomic mass is 9.79. The van der Waals surface area contributed by atoms with Gasteiger partial charge in [-0.25, -0.2) is 0 Å². The zero-order chi connectivity index (χ0) is 11.3. The molecule has 0 aromatic carbocycles. The van der Waals surface area contributed by atoms with Crippen LogP contribution in [0.5, 0.6) is 0 Å². The molecule has 1 aliphatic rings. The van der Waals surface area contributed by atoms with Crippen molar-refractivity contribution in [3.05, 3.63) is 0 Å². The number of nitrogens with one attached hydrogen (secondary N) is 1. The topological polar surface area (TPSA) is 64.3 Å². The lowest BCUT2D eigenvalue weighted by Gasteiger charge is -2.38. The molecule has 15 heavy (non-hydrogen) atoms. The standard InChI is InChI=1S/C11H22N2O2/c1-9-3-5-11(8-12,6-4-9)15-7-10(14)13-2/h9H,3-8,12H2,1-2H3,(H,13,14). The van der Waals surface area contributed by atoms with Crippen molar-refractivity contribution in [1.82, 2.24) is 5.32 Å². The van der Waals surface area contributed by atoms with Crippen molar-refractivity contribution in [2.24, 2.45) is 11.7 Å². The van der Waals surface area contributed by atoms with Crippen LogP contribution in [0.2, 0.25) is 0 Å². The Morgan fingerprint density at radius 1 is 1.53 bits per heavy atom. The monoisotopic (exact) mass is 214 g/mol. The molecule has 0 aromatic heterocycles. The highest BCUT2D eigenvalue weighted by atomic mass is 16.5. The molecule has 0 heterocycles. The lowest BCUT2D eigenvalue weighted by molar-refractivity contribution is -0.135. The van der Waals surface area contributed by atoms with E-state index in [4.69, 9.17) is 10.5 Å². The summed E-state index contributed by atoms with van der Waals surface area (Å²) in [5.74, 6) is 0.676. The molecule has 0 unspecified atom stereocenters. The van der Waals surface area contributed by atoms with Gasteiger partial charge in [0.15, 0.2) is 0 Å². The van der Waals surface area contributed by atoms with Gasteiger partial charge in [-0.2, -0.15) is 0 Å². The van der Waals surface area contributed by atoms with Crippen LogP contribution < -0.4 is 11.1 Å². The Morgan fingerprint density at radius 3 is 2.60 bits per heavy atom. The number of rotatable bonds is 4. The van der Waals surface area contributed by atoms with Crippen LogP contribution in [0, 0.1) is 5.92 Å². The quantitative estimate of drug-likeness (QED) is 0.722. The van der Waals surface area contributed by atoms with Crippen molar-refractivity contribution in [2.75, 3.05) is 20.2 Å². The first-order valence-electron chi connectivity index (χ1n) is 5.66. The largest absolute Gasteiger partial charge is 0.364 e. The molecule has 1 amide bonds. The van der Waals surface area contributed by atoms with E-state index in [9.17, 15) is 4.79 Å². The fourth-order valence-corrected chi connectivity index (χ4v) is 1.99. The maximum atomic E-state index is 11.1. The minimum atomic E-state index is -0.251. The average molecular weight is 214 g/mol. The van der Waals surface area contributed by atoms with Gasteiger partial charge in [0.25, 0.3) is 0 Å². The first-order chi connectivity index (χ1) is 7.12. The van der Waals surface area contributed by atoms with E-state index in [2.05, 4.69) is 12.2 Å². The third-order valence-corrected chi connectivity index (χ3v) is 3.35. The number of nitrogens with two attached hydrogens (primary N) is 1. The second-order valence-electron chi connectivity index (χ2n) is 4.53. The second kappa shape index (κ2) is 5.47. The van der Waals surface area contributed by atoms with Gasteiger partial charge in [0.1, 0.15) is 6.61 Å². The summed E-state index contributed by atoms with van der Waals surface area (Å²) in [5, 5.41) is 2.55. The van der Waals surface area contributed by atoms with E-state index in [1.54, 1.807) is 7.05 Å². The van der Waals surface area contributed by atoms with Crippen molar-refractivity contribution in [1.29, 1.82) is 0 Å². The third kappa shape index (κ3) is 3.47. The fourth-order valence-electron chi connectivity index (χ4n) is 1.99. The molecule has 1 saturated carbocycles. The van der Waals surface area contributed by atoms with Gasteiger partial charge in [-0.1, -0.05) is 6.92 Å². The van der Waals surface area contributed by atoms with Crippen molar-refractivity contribution < 1.29 is 9.53 Å². The highest BCUT2D eigenvalue weighted by molar-refractivity contribution is 5.76. The molecule has 1 rings (SSSR count). The van der Waals surface area contributed by atoms with E-state index >= 15 is 0 Å². The molecule has 3 N–H and O–H groups in total. The Hall–Kier alpha value is -0.610. The summed E-state index contributed by atoms with van der Waals surface area (Å²) in [6.07, 6.45) is 4.24. The molecule has 0 aliphatic heterocycles. The lowest BCUT2D eigenvalue weighted by Crippen LogP contribution is -2.45. The molecular weight excluding hydrogens is 192 g/mol. The van der Waals surface area contributed by atoms with Crippen molar-refractivity contribution >= 4 is 5.91 Å². The van der Waals surface area contributed by atoms with E-state index in [1.165, 1.54) is 0 Å². The summed E-state index contributed by atoms with van der Waals surface area (Å²) in [6, 6.07) is 0. The third-order valence-electron chi connectivity index (χ3n) is 3.35. The molecule has 88 valence electrons. The van der Waals surface area contributed by atoms with Crippen LogP contribution >= 0.6 is 0 Å². The minimum Gasteiger partial charge on any atom is -0.364 e.